The number of para-hydroxylation sites is 2. The van der Waals surface area contributed by atoms with Crippen LogP contribution in [-0.2, 0) is 6.54 Å². The first-order chi connectivity index (χ1) is 18.5. The van der Waals surface area contributed by atoms with Crippen molar-refractivity contribution in [2.24, 2.45) is 0 Å². The van der Waals surface area contributed by atoms with Gasteiger partial charge in [0, 0.05) is 11.8 Å². The molecule has 1 atom stereocenters. The first-order valence-corrected chi connectivity index (χ1v) is 12.3. The lowest BCUT2D eigenvalue weighted by Crippen LogP contribution is -2.38. The first kappa shape index (κ1) is 23.5. The van der Waals surface area contributed by atoms with Gasteiger partial charge in [-0.05, 0) is 61.0 Å². The number of hydrogen-bond acceptors (Lipinski definition) is 3. The highest BCUT2D eigenvalue weighted by Crippen LogP contribution is 2.39. The zero-order chi connectivity index (χ0) is 26.2. The van der Waals surface area contributed by atoms with Gasteiger partial charge in [-0.15, -0.1) is 0 Å². The lowest BCUT2D eigenvalue weighted by molar-refractivity contribution is 0.194. The molecule has 2 aromatic heterocycles. The summed E-state index contributed by atoms with van der Waals surface area (Å²) >= 11 is 0. The Morgan fingerprint density at radius 3 is 2.45 bits per heavy atom. The number of anilines is 1. The molecule has 38 heavy (non-hydrogen) atoms. The van der Waals surface area contributed by atoms with E-state index in [2.05, 4.69) is 9.88 Å². The minimum Gasteiger partial charge on any atom is -0.497 e. The molecule has 1 aliphatic rings. The van der Waals surface area contributed by atoms with Crippen LogP contribution in [0.5, 0.6) is 5.75 Å². The van der Waals surface area contributed by atoms with Gasteiger partial charge in [0.05, 0.1) is 42.5 Å². The maximum Gasteiger partial charge on any atom is 0.323 e. The topological polar surface area (TPSA) is 64.3 Å². The number of benzene rings is 3. The van der Waals surface area contributed by atoms with E-state index in [1.54, 1.807) is 30.2 Å². The van der Waals surface area contributed by atoms with Crippen LogP contribution in [0.15, 0.2) is 97.2 Å². The van der Waals surface area contributed by atoms with Gasteiger partial charge in [-0.2, -0.15) is 5.10 Å². The smallest absolute Gasteiger partial charge is 0.323 e. The van der Waals surface area contributed by atoms with Crippen LogP contribution in [0.1, 0.15) is 28.6 Å². The lowest BCUT2D eigenvalue weighted by Gasteiger charge is -2.31. The molecular weight excluding hydrogens is 481 g/mol. The van der Waals surface area contributed by atoms with E-state index in [4.69, 9.17) is 9.84 Å². The number of aromatic nitrogens is 3. The van der Waals surface area contributed by atoms with Gasteiger partial charge in [0.2, 0.25) is 0 Å². The number of urea groups is 1. The summed E-state index contributed by atoms with van der Waals surface area (Å²) in [5, 5.41) is 7.65. The first-order valence-electron chi connectivity index (χ1n) is 12.3. The van der Waals surface area contributed by atoms with Gasteiger partial charge < -0.3 is 19.5 Å². The Labute approximate surface area is 219 Å². The Kier molecular flexibility index (Phi) is 5.92. The zero-order valence-corrected chi connectivity index (χ0v) is 21.0. The standard InChI is InChI=1S/C30H26FN5O2/c1-20-24-19-35(30(37)32-26-12-7-6-11-25(26)31)28(21-14-16-23(38-2)17-15-21)27-13-8-18-34(27)29(24)36(33-20)22-9-4-3-5-10-22/h3-18,28H,19H2,1-2H3,(H,32,37)/t28-/m0/s1. The summed E-state index contributed by atoms with van der Waals surface area (Å²) in [5.41, 5.74) is 4.55. The molecule has 0 spiro atoms. The third-order valence-electron chi connectivity index (χ3n) is 6.89. The highest BCUT2D eigenvalue weighted by Gasteiger charge is 2.36. The normalized spacial score (nSPS) is 14.4. The van der Waals surface area contributed by atoms with Crippen LogP contribution in [0.25, 0.3) is 11.5 Å². The maximum atomic E-state index is 14.5. The quantitative estimate of drug-likeness (QED) is 0.312. The van der Waals surface area contributed by atoms with E-state index in [1.165, 1.54) is 6.07 Å². The van der Waals surface area contributed by atoms with E-state index < -0.39 is 17.9 Å². The number of halogens is 1. The molecule has 3 aromatic carbocycles. The zero-order valence-electron chi connectivity index (χ0n) is 21.0. The highest BCUT2D eigenvalue weighted by atomic mass is 19.1. The second-order valence-corrected chi connectivity index (χ2v) is 9.15. The average molecular weight is 508 g/mol. The number of aryl methyl sites for hydroxylation is 1. The molecule has 5 aromatic rings. The van der Waals surface area contributed by atoms with Crippen LogP contribution in [0.2, 0.25) is 0 Å². The minimum absolute atomic E-state index is 0.127. The predicted molar refractivity (Wildman–Crippen MR) is 143 cm³/mol. The molecule has 0 unspecified atom stereocenters. The summed E-state index contributed by atoms with van der Waals surface area (Å²) in [6, 6.07) is 26.9. The van der Waals surface area contributed by atoms with E-state index in [0.717, 1.165) is 39.8 Å². The molecule has 1 N–H and O–H groups in total. The molecule has 0 fully saturated rings. The van der Waals surface area contributed by atoms with Crippen LogP contribution in [-0.4, -0.2) is 32.4 Å². The van der Waals surface area contributed by atoms with Crippen molar-refractivity contribution in [1.82, 2.24) is 19.2 Å². The van der Waals surface area contributed by atoms with Crippen LogP contribution < -0.4 is 10.1 Å². The molecule has 3 heterocycles. The Morgan fingerprint density at radius 1 is 0.974 bits per heavy atom. The lowest BCUT2D eigenvalue weighted by atomic mass is 10.0. The van der Waals surface area contributed by atoms with Crippen molar-refractivity contribution in [3.8, 4) is 17.3 Å². The van der Waals surface area contributed by atoms with Crippen LogP contribution >= 0.6 is 0 Å². The molecule has 6 rings (SSSR count). The number of nitrogens with one attached hydrogen (secondary N) is 1. The molecule has 1 aliphatic heterocycles. The summed E-state index contributed by atoms with van der Waals surface area (Å²) < 4.78 is 23.9. The Hall–Kier alpha value is -4.85. The fraction of sp³-hybridized carbons (Fsp3) is 0.133. The largest absolute Gasteiger partial charge is 0.497 e. The van der Waals surface area contributed by atoms with Crippen molar-refractivity contribution in [2.45, 2.75) is 19.5 Å². The number of amides is 2. The van der Waals surface area contributed by atoms with E-state index in [0.29, 0.717) is 0 Å². The number of ether oxygens (including phenoxy) is 1. The van der Waals surface area contributed by atoms with E-state index in [9.17, 15) is 9.18 Å². The molecule has 7 nitrogen and oxygen atoms in total. The average Bonchev–Trinajstić information content (AvgIpc) is 3.51. The van der Waals surface area contributed by atoms with E-state index >= 15 is 0 Å². The van der Waals surface area contributed by atoms with Gasteiger partial charge >= 0.3 is 6.03 Å². The SMILES string of the molecule is COc1ccc([C@H]2c3cccn3-c3c(c(C)nn3-c3ccccc3)CN2C(=O)Nc2ccccc2F)cc1. The molecule has 2 amide bonds. The summed E-state index contributed by atoms with van der Waals surface area (Å²) in [7, 11) is 1.62. The third-order valence-corrected chi connectivity index (χ3v) is 6.89. The Morgan fingerprint density at radius 2 is 1.71 bits per heavy atom. The second kappa shape index (κ2) is 9.55. The van der Waals surface area contributed by atoms with Crippen molar-refractivity contribution in [3.05, 3.63) is 126 Å². The van der Waals surface area contributed by atoms with Crippen LogP contribution in [0, 0.1) is 12.7 Å². The second-order valence-electron chi connectivity index (χ2n) is 9.15. The molecule has 8 heteroatoms. The summed E-state index contributed by atoms with van der Waals surface area (Å²) in [4.78, 5) is 15.6. The van der Waals surface area contributed by atoms with Gasteiger partial charge in [-0.1, -0.05) is 42.5 Å². The van der Waals surface area contributed by atoms with Crippen LogP contribution in [0.4, 0.5) is 14.9 Å². The number of fused-ring (bicyclic) bond motifs is 3. The maximum absolute atomic E-state index is 14.5. The van der Waals surface area contributed by atoms with Crippen molar-refractivity contribution in [1.29, 1.82) is 0 Å². The number of rotatable bonds is 4. The molecule has 0 aliphatic carbocycles. The van der Waals surface area contributed by atoms with Crippen molar-refractivity contribution in [3.63, 3.8) is 0 Å². The van der Waals surface area contributed by atoms with Crippen LogP contribution in [0.3, 0.4) is 0 Å². The van der Waals surface area contributed by atoms with Gasteiger partial charge in [-0.25, -0.2) is 13.9 Å². The number of methoxy groups -OCH3 is 1. The van der Waals surface area contributed by atoms with E-state index in [-0.39, 0.29) is 12.2 Å². The molecule has 0 radical (unpaired) electrons. The summed E-state index contributed by atoms with van der Waals surface area (Å²) in [6.07, 6.45) is 1.99. The van der Waals surface area contributed by atoms with Crippen molar-refractivity contribution in [2.75, 3.05) is 12.4 Å². The summed E-state index contributed by atoms with van der Waals surface area (Å²) in [6.45, 7) is 2.22. The number of carbonyl (C=O) groups is 1. The van der Waals surface area contributed by atoms with Gasteiger partial charge in [0.1, 0.15) is 17.4 Å². The Balaban J connectivity index is 1.53. The fourth-order valence-corrected chi connectivity index (χ4v) is 5.04. The predicted octanol–water partition coefficient (Wildman–Crippen LogP) is 6.26. The third kappa shape index (κ3) is 4.00. The summed E-state index contributed by atoms with van der Waals surface area (Å²) in [5.74, 6) is 1.10. The number of nitrogens with zero attached hydrogens (tertiary/aromatic N) is 4. The highest BCUT2D eigenvalue weighted by molar-refractivity contribution is 5.90. The van der Waals surface area contributed by atoms with Crippen molar-refractivity contribution >= 4 is 11.7 Å². The minimum atomic E-state index is -0.492. The molecule has 0 saturated heterocycles. The number of carbonyl (C=O) groups excluding carboxylic acids is 1. The molecule has 190 valence electrons. The molecule has 0 saturated carbocycles. The molecule has 0 bridgehead atoms. The van der Waals surface area contributed by atoms with Gasteiger partial charge in [0.15, 0.2) is 0 Å². The van der Waals surface area contributed by atoms with Crippen molar-refractivity contribution < 1.29 is 13.9 Å². The monoisotopic (exact) mass is 507 g/mol. The van der Waals surface area contributed by atoms with Gasteiger partial charge in [-0.3, -0.25) is 0 Å². The number of hydrogen-bond donors (Lipinski definition) is 1. The van der Waals surface area contributed by atoms with E-state index in [1.807, 2.05) is 84.5 Å². The fourth-order valence-electron chi connectivity index (χ4n) is 5.04. The molecular formula is C30H26FN5O2. The Bertz CT molecular complexity index is 1610. The van der Waals surface area contributed by atoms with Gasteiger partial charge in [0.25, 0.3) is 0 Å².